The van der Waals surface area contributed by atoms with Crippen molar-refractivity contribution in [3.63, 3.8) is 0 Å². The van der Waals surface area contributed by atoms with Crippen LogP contribution in [-0.4, -0.2) is 34.3 Å². The quantitative estimate of drug-likeness (QED) is 0.208. The number of ether oxygens (including phenoxy) is 2. The van der Waals surface area contributed by atoms with Gasteiger partial charge >= 0.3 is 5.97 Å². The number of nitro groups is 1. The van der Waals surface area contributed by atoms with Crippen molar-refractivity contribution >= 4 is 57.6 Å². The number of carbonyl (C=O) groups is 2. The standard InChI is InChI=1S/C20H16N2O6S2/c1-2-27-18(23)12-28-16-9-3-13(4-10-16)11-17-19(24)21(20(29)30-17)14-5-7-15(8-6-14)22(25)26/h3-11H,2,12H2,1H3/b17-11+. The molecule has 1 amide bonds. The van der Waals surface area contributed by atoms with E-state index >= 15 is 0 Å². The van der Waals surface area contributed by atoms with Gasteiger partial charge in [0.05, 0.1) is 22.1 Å². The minimum absolute atomic E-state index is 0.0648. The Morgan fingerprint density at radius 1 is 1.20 bits per heavy atom. The van der Waals surface area contributed by atoms with Crippen LogP contribution in [0.25, 0.3) is 6.08 Å². The maximum absolute atomic E-state index is 12.8. The summed E-state index contributed by atoms with van der Waals surface area (Å²) in [7, 11) is 0. The number of non-ortho nitro benzene ring substituents is 1. The summed E-state index contributed by atoms with van der Waals surface area (Å²) < 4.78 is 10.5. The molecule has 0 spiro atoms. The van der Waals surface area contributed by atoms with Gasteiger partial charge in [0.2, 0.25) is 0 Å². The van der Waals surface area contributed by atoms with Crippen LogP contribution in [0.15, 0.2) is 53.4 Å². The largest absolute Gasteiger partial charge is 0.482 e. The van der Waals surface area contributed by atoms with E-state index in [2.05, 4.69) is 0 Å². The van der Waals surface area contributed by atoms with Crippen molar-refractivity contribution in [2.75, 3.05) is 18.1 Å². The number of hydrogen-bond acceptors (Lipinski definition) is 8. The van der Waals surface area contributed by atoms with E-state index in [9.17, 15) is 19.7 Å². The van der Waals surface area contributed by atoms with Gasteiger partial charge in [-0.25, -0.2) is 4.79 Å². The fraction of sp³-hybridized carbons (Fsp3) is 0.150. The summed E-state index contributed by atoms with van der Waals surface area (Å²) in [5.41, 5.74) is 1.15. The van der Waals surface area contributed by atoms with E-state index in [1.54, 1.807) is 37.3 Å². The molecular formula is C20H16N2O6S2. The number of rotatable bonds is 7. The van der Waals surface area contributed by atoms with Crippen molar-refractivity contribution in [2.24, 2.45) is 0 Å². The molecule has 1 heterocycles. The highest BCUT2D eigenvalue weighted by Crippen LogP contribution is 2.36. The predicted molar refractivity (Wildman–Crippen MR) is 117 cm³/mol. The lowest BCUT2D eigenvalue weighted by atomic mass is 10.2. The minimum Gasteiger partial charge on any atom is -0.482 e. The number of amides is 1. The average Bonchev–Trinajstić information content (AvgIpc) is 3.00. The summed E-state index contributed by atoms with van der Waals surface area (Å²) in [5.74, 6) is -0.253. The van der Waals surface area contributed by atoms with E-state index in [0.717, 1.165) is 17.3 Å². The zero-order chi connectivity index (χ0) is 21.7. The van der Waals surface area contributed by atoms with Gasteiger partial charge in [0.25, 0.3) is 11.6 Å². The van der Waals surface area contributed by atoms with Crippen molar-refractivity contribution in [3.8, 4) is 5.75 Å². The Hall–Kier alpha value is -3.24. The second kappa shape index (κ2) is 9.51. The lowest BCUT2D eigenvalue weighted by Gasteiger charge is -2.13. The molecule has 10 heteroatoms. The fourth-order valence-corrected chi connectivity index (χ4v) is 3.87. The fourth-order valence-electron chi connectivity index (χ4n) is 2.57. The number of carbonyl (C=O) groups excluding carboxylic acids is 2. The minimum atomic E-state index is -0.506. The number of anilines is 1. The molecule has 0 unspecified atom stereocenters. The number of thioether (sulfide) groups is 1. The summed E-state index contributed by atoms with van der Waals surface area (Å²) in [6, 6.07) is 12.5. The van der Waals surface area contributed by atoms with E-state index in [0.29, 0.717) is 27.3 Å². The molecule has 2 aromatic rings. The molecule has 1 fully saturated rings. The molecule has 2 aromatic carbocycles. The van der Waals surface area contributed by atoms with E-state index in [1.165, 1.54) is 29.2 Å². The summed E-state index contributed by atoms with van der Waals surface area (Å²) in [5, 5.41) is 10.8. The molecule has 1 aliphatic rings. The molecule has 0 N–H and O–H groups in total. The van der Waals surface area contributed by atoms with Crippen molar-refractivity contribution in [1.82, 2.24) is 0 Å². The van der Waals surface area contributed by atoms with Gasteiger partial charge < -0.3 is 9.47 Å². The first kappa shape index (κ1) is 21.5. The van der Waals surface area contributed by atoms with Gasteiger partial charge in [0, 0.05) is 12.1 Å². The van der Waals surface area contributed by atoms with Crippen molar-refractivity contribution < 1.29 is 24.0 Å². The molecule has 0 radical (unpaired) electrons. The lowest BCUT2D eigenvalue weighted by Crippen LogP contribution is -2.27. The number of thiocarbonyl (C=S) groups is 1. The molecular weight excluding hydrogens is 428 g/mol. The first-order valence-corrected chi connectivity index (χ1v) is 10.0. The highest BCUT2D eigenvalue weighted by molar-refractivity contribution is 8.27. The molecule has 8 nitrogen and oxygen atoms in total. The van der Waals surface area contributed by atoms with Gasteiger partial charge in [-0.15, -0.1) is 0 Å². The molecule has 154 valence electrons. The van der Waals surface area contributed by atoms with Crippen LogP contribution < -0.4 is 9.64 Å². The van der Waals surface area contributed by atoms with Gasteiger partial charge in [-0.3, -0.25) is 19.8 Å². The number of hydrogen-bond donors (Lipinski definition) is 0. The Morgan fingerprint density at radius 3 is 2.47 bits per heavy atom. The topological polar surface area (TPSA) is 99.0 Å². The number of benzene rings is 2. The molecule has 1 aliphatic heterocycles. The van der Waals surface area contributed by atoms with Gasteiger partial charge in [0.15, 0.2) is 10.9 Å². The maximum Gasteiger partial charge on any atom is 0.344 e. The average molecular weight is 444 g/mol. The van der Waals surface area contributed by atoms with Crippen LogP contribution in [0.5, 0.6) is 5.75 Å². The molecule has 30 heavy (non-hydrogen) atoms. The second-order valence-electron chi connectivity index (χ2n) is 5.95. The Bertz CT molecular complexity index is 1020. The van der Waals surface area contributed by atoms with Crippen LogP contribution in [0.4, 0.5) is 11.4 Å². The highest BCUT2D eigenvalue weighted by Gasteiger charge is 2.33. The number of esters is 1. The SMILES string of the molecule is CCOC(=O)COc1ccc(/C=C2/SC(=S)N(c3ccc([N+](=O)[O-])cc3)C2=O)cc1. The van der Waals surface area contributed by atoms with Crippen molar-refractivity contribution in [3.05, 3.63) is 69.1 Å². The van der Waals surface area contributed by atoms with Gasteiger partial charge in [0.1, 0.15) is 5.75 Å². The molecule has 0 saturated carbocycles. The molecule has 0 bridgehead atoms. The molecule has 3 rings (SSSR count). The third-order valence-electron chi connectivity index (χ3n) is 3.95. The van der Waals surface area contributed by atoms with Crippen LogP contribution in [-0.2, 0) is 14.3 Å². The van der Waals surface area contributed by atoms with Crippen LogP contribution in [0.1, 0.15) is 12.5 Å². The zero-order valence-corrected chi connectivity index (χ0v) is 17.4. The Kier molecular flexibility index (Phi) is 6.80. The Morgan fingerprint density at radius 2 is 1.87 bits per heavy atom. The van der Waals surface area contributed by atoms with E-state index in [-0.39, 0.29) is 18.2 Å². The van der Waals surface area contributed by atoms with Crippen LogP contribution >= 0.6 is 24.0 Å². The third-order valence-corrected chi connectivity index (χ3v) is 5.25. The van der Waals surface area contributed by atoms with Crippen molar-refractivity contribution in [1.29, 1.82) is 0 Å². The summed E-state index contributed by atoms with van der Waals surface area (Å²) in [6.07, 6.45) is 1.69. The van der Waals surface area contributed by atoms with Crippen LogP contribution in [0, 0.1) is 10.1 Å². The van der Waals surface area contributed by atoms with Gasteiger partial charge in [-0.2, -0.15) is 0 Å². The number of nitrogens with zero attached hydrogens (tertiary/aromatic N) is 2. The molecule has 0 atom stereocenters. The Balaban J connectivity index is 1.70. The maximum atomic E-state index is 12.8. The number of nitro benzene ring substituents is 1. The monoisotopic (exact) mass is 444 g/mol. The van der Waals surface area contributed by atoms with E-state index in [4.69, 9.17) is 21.7 Å². The Labute approximate surface area is 181 Å². The lowest BCUT2D eigenvalue weighted by molar-refractivity contribution is -0.384. The first-order chi connectivity index (χ1) is 14.4. The summed E-state index contributed by atoms with van der Waals surface area (Å²) in [4.78, 5) is 36.2. The third kappa shape index (κ3) is 5.02. The van der Waals surface area contributed by atoms with E-state index < -0.39 is 10.9 Å². The molecule has 1 saturated heterocycles. The second-order valence-corrected chi connectivity index (χ2v) is 7.63. The smallest absolute Gasteiger partial charge is 0.344 e. The van der Waals surface area contributed by atoms with Crippen molar-refractivity contribution in [2.45, 2.75) is 6.92 Å². The first-order valence-electron chi connectivity index (χ1n) is 8.80. The highest BCUT2D eigenvalue weighted by atomic mass is 32.2. The van der Waals surface area contributed by atoms with Gasteiger partial charge in [-0.1, -0.05) is 36.1 Å². The summed E-state index contributed by atoms with van der Waals surface area (Å²) >= 11 is 6.46. The van der Waals surface area contributed by atoms with Crippen LogP contribution in [0.3, 0.4) is 0 Å². The van der Waals surface area contributed by atoms with E-state index in [1.807, 2.05) is 0 Å². The summed E-state index contributed by atoms with van der Waals surface area (Å²) in [6.45, 7) is 1.83. The zero-order valence-electron chi connectivity index (χ0n) is 15.8. The molecule has 0 aliphatic carbocycles. The molecule has 0 aromatic heterocycles. The normalized spacial score (nSPS) is 14.8. The predicted octanol–water partition coefficient (Wildman–Crippen LogP) is 3.94. The van der Waals surface area contributed by atoms with Gasteiger partial charge in [-0.05, 0) is 42.8 Å². The van der Waals surface area contributed by atoms with Crippen LogP contribution in [0.2, 0.25) is 0 Å².